The van der Waals surface area contributed by atoms with Gasteiger partial charge in [0.05, 0.1) is 17.5 Å². The number of nitro groups is 1. The lowest BCUT2D eigenvalue weighted by Gasteiger charge is -1.99. The van der Waals surface area contributed by atoms with Crippen molar-refractivity contribution in [2.45, 2.75) is 25.0 Å². The minimum absolute atomic E-state index is 0.0700. The van der Waals surface area contributed by atoms with Crippen molar-refractivity contribution in [3.63, 3.8) is 0 Å². The van der Waals surface area contributed by atoms with Gasteiger partial charge in [0.15, 0.2) is 10.9 Å². The lowest BCUT2D eigenvalue weighted by atomic mass is 10.2. The molecule has 0 bridgehead atoms. The Hall–Kier alpha value is -2.16. The molecule has 0 aliphatic carbocycles. The first-order chi connectivity index (χ1) is 9.60. The summed E-state index contributed by atoms with van der Waals surface area (Å²) in [5.41, 5.74) is 0. The number of nitrogens with one attached hydrogen (secondary N) is 1. The second-order valence-corrected chi connectivity index (χ2v) is 5.16. The van der Waals surface area contributed by atoms with Gasteiger partial charge >= 0.3 is 5.88 Å². The summed E-state index contributed by atoms with van der Waals surface area (Å²) in [6.07, 6.45) is 2.95. The monoisotopic (exact) mass is 296 g/mol. The predicted octanol–water partition coefficient (Wildman–Crippen LogP) is 1.91. The van der Waals surface area contributed by atoms with Crippen molar-refractivity contribution in [2.24, 2.45) is 10.2 Å². The highest BCUT2D eigenvalue weighted by Gasteiger charge is 2.29. The summed E-state index contributed by atoms with van der Waals surface area (Å²) in [5.74, 6) is -0.203. The maximum atomic E-state index is 11.5. The van der Waals surface area contributed by atoms with Crippen LogP contribution in [0.4, 0.5) is 5.88 Å². The summed E-state index contributed by atoms with van der Waals surface area (Å²) in [7, 11) is 0. The molecule has 1 aromatic heterocycles. The van der Waals surface area contributed by atoms with Crippen LogP contribution in [0.2, 0.25) is 0 Å². The van der Waals surface area contributed by atoms with Crippen LogP contribution in [-0.4, -0.2) is 27.5 Å². The molecule has 1 aromatic rings. The number of amides is 1. The number of carbonyl (C=O) groups is 1. The molecule has 0 aromatic carbocycles. The van der Waals surface area contributed by atoms with Crippen LogP contribution in [0.5, 0.6) is 0 Å². The molecule has 0 saturated carbocycles. The van der Waals surface area contributed by atoms with Gasteiger partial charge in [-0.3, -0.25) is 14.9 Å². The maximum Gasteiger partial charge on any atom is 0.433 e. The molecule has 1 N–H and O–H groups in total. The largest absolute Gasteiger partial charge is 0.433 e. The fourth-order valence-electron chi connectivity index (χ4n) is 1.55. The number of furan rings is 1. The smallest absolute Gasteiger partial charge is 0.400 e. The topological polar surface area (TPSA) is 110 Å². The van der Waals surface area contributed by atoms with Gasteiger partial charge in [-0.1, -0.05) is 25.1 Å². The van der Waals surface area contributed by atoms with Gasteiger partial charge in [0.25, 0.3) is 0 Å². The lowest BCUT2D eigenvalue weighted by molar-refractivity contribution is -0.402. The van der Waals surface area contributed by atoms with E-state index in [1.165, 1.54) is 30.1 Å². The summed E-state index contributed by atoms with van der Waals surface area (Å²) >= 11 is 1.33. The van der Waals surface area contributed by atoms with E-state index in [1.807, 2.05) is 6.92 Å². The normalized spacial score (nSPS) is 20.8. The van der Waals surface area contributed by atoms with Gasteiger partial charge in [-0.2, -0.15) is 5.10 Å². The number of rotatable bonds is 5. The van der Waals surface area contributed by atoms with Gasteiger partial charge in [0.2, 0.25) is 5.91 Å². The number of nitrogens with zero attached hydrogens (tertiary/aromatic N) is 3. The first kappa shape index (κ1) is 14.3. The van der Waals surface area contributed by atoms with Crippen molar-refractivity contribution in [1.82, 2.24) is 5.32 Å². The van der Waals surface area contributed by atoms with Crippen LogP contribution in [0, 0.1) is 10.1 Å². The Morgan fingerprint density at radius 3 is 3.05 bits per heavy atom. The van der Waals surface area contributed by atoms with Crippen LogP contribution in [0.15, 0.2) is 26.8 Å². The fourth-order valence-corrected chi connectivity index (χ4v) is 2.60. The van der Waals surface area contributed by atoms with E-state index in [2.05, 4.69) is 15.5 Å². The molecule has 1 saturated heterocycles. The van der Waals surface area contributed by atoms with Gasteiger partial charge in [-0.05, 0) is 12.5 Å². The zero-order valence-electron chi connectivity index (χ0n) is 10.6. The van der Waals surface area contributed by atoms with E-state index in [1.54, 1.807) is 0 Å². The predicted molar refractivity (Wildman–Crippen MR) is 74.8 cm³/mol. The van der Waals surface area contributed by atoms with Gasteiger partial charge in [0.1, 0.15) is 4.92 Å². The van der Waals surface area contributed by atoms with Crippen LogP contribution in [0.1, 0.15) is 25.5 Å². The van der Waals surface area contributed by atoms with Crippen LogP contribution < -0.4 is 5.32 Å². The highest BCUT2D eigenvalue weighted by Crippen LogP contribution is 2.23. The van der Waals surface area contributed by atoms with Crippen molar-refractivity contribution in [1.29, 1.82) is 0 Å². The number of carbonyl (C=O) groups excluding carboxylic acids is 1. The van der Waals surface area contributed by atoms with Gasteiger partial charge in [0, 0.05) is 0 Å². The Bertz CT molecular complexity index is 581. The molecule has 20 heavy (non-hydrogen) atoms. The summed E-state index contributed by atoms with van der Waals surface area (Å²) in [5, 5.41) is 20.9. The van der Waals surface area contributed by atoms with E-state index in [-0.39, 0.29) is 22.8 Å². The van der Waals surface area contributed by atoms with Gasteiger partial charge in [-0.25, -0.2) is 0 Å². The Morgan fingerprint density at radius 1 is 1.60 bits per heavy atom. The van der Waals surface area contributed by atoms with E-state index >= 15 is 0 Å². The molecule has 1 aliphatic rings. The molecule has 1 fully saturated rings. The van der Waals surface area contributed by atoms with Crippen LogP contribution in [0.3, 0.4) is 0 Å². The molecule has 1 atom stereocenters. The van der Waals surface area contributed by atoms with Crippen LogP contribution in [-0.2, 0) is 4.79 Å². The maximum absolute atomic E-state index is 11.5. The zero-order chi connectivity index (χ0) is 14.5. The first-order valence-corrected chi connectivity index (χ1v) is 6.81. The fraction of sp³-hybridized carbons (Fsp3) is 0.364. The summed E-state index contributed by atoms with van der Waals surface area (Å²) in [6, 6.07) is 2.65. The summed E-state index contributed by atoms with van der Waals surface area (Å²) in [6.45, 7) is 2.00. The molecule has 9 heteroatoms. The number of hydrogen-bond donors (Lipinski definition) is 1. The Balaban J connectivity index is 1.97. The highest BCUT2D eigenvalue weighted by molar-refractivity contribution is 8.15. The average molecular weight is 296 g/mol. The van der Waals surface area contributed by atoms with E-state index in [0.29, 0.717) is 5.17 Å². The third-order valence-electron chi connectivity index (χ3n) is 2.45. The van der Waals surface area contributed by atoms with Gasteiger partial charge < -0.3 is 9.73 Å². The summed E-state index contributed by atoms with van der Waals surface area (Å²) in [4.78, 5) is 21.3. The molecule has 106 valence electrons. The molecule has 1 aliphatic heterocycles. The second kappa shape index (κ2) is 6.33. The first-order valence-electron chi connectivity index (χ1n) is 5.93. The minimum atomic E-state index is -0.633. The average Bonchev–Trinajstić information content (AvgIpc) is 2.98. The number of thioether (sulfide) groups is 1. The zero-order valence-corrected chi connectivity index (χ0v) is 11.4. The summed E-state index contributed by atoms with van der Waals surface area (Å²) < 4.78 is 4.88. The van der Waals surface area contributed by atoms with Crippen molar-refractivity contribution in [2.75, 3.05) is 0 Å². The van der Waals surface area contributed by atoms with Crippen molar-refractivity contribution < 1.29 is 14.1 Å². The SMILES string of the molecule is CCCC1S/C(=N/N=C/c2ccc([N+](=O)[O-])o2)NC1=O. The third kappa shape index (κ3) is 3.44. The van der Waals surface area contributed by atoms with Crippen molar-refractivity contribution >= 4 is 34.9 Å². The minimum Gasteiger partial charge on any atom is -0.400 e. The molecule has 0 radical (unpaired) electrons. The van der Waals surface area contributed by atoms with E-state index in [9.17, 15) is 14.9 Å². The standard InChI is InChI=1S/C11H12N4O4S/c1-2-3-8-10(16)13-11(20-8)14-12-6-7-4-5-9(19-7)15(17)18/h4-6,8H,2-3H2,1H3,(H,13,14,16)/b12-6+. The molecule has 1 unspecified atom stereocenters. The van der Waals surface area contributed by atoms with Crippen molar-refractivity contribution in [3.8, 4) is 0 Å². The second-order valence-electron chi connectivity index (χ2n) is 3.97. The van der Waals surface area contributed by atoms with Gasteiger partial charge in [-0.15, -0.1) is 5.10 Å². The molecule has 0 spiro atoms. The Morgan fingerprint density at radius 2 is 2.40 bits per heavy atom. The van der Waals surface area contributed by atoms with E-state index in [4.69, 9.17) is 4.42 Å². The highest BCUT2D eigenvalue weighted by atomic mass is 32.2. The Kier molecular flexibility index (Phi) is 4.51. The lowest BCUT2D eigenvalue weighted by Crippen LogP contribution is -2.24. The molecule has 2 rings (SSSR count). The van der Waals surface area contributed by atoms with Crippen molar-refractivity contribution in [3.05, 3.63) is 28.0 Å². The number of hydrogen-bond acceptors (Lipinski definition) is 7. The molecule has 2 heterocycles. The van der Waals surface area contributed by atoms with E-state index < -0.39 is 4.92 Å². The molecular formula is C11H12N4O4S. The molecule has 8 nitrogen and oxygen atoms in total. The van der Waals surface area contributed by atoms with E-state index in [0.717, 1.165) is 12.8 Å². The quantitative estimate of drug-likeness (QED) is 0.507. The van der Waals surface area contributed by atoms with Crippen LogP contribution >= 0.6 is 11.8 Å². The molecular weight excluding hydrogens is 284 g/mol. The molecule has 1 amide bonds. The third-order valence-corrected chi connectivity index (χ3v) is 3.59. The number of amidine groups is 1. The Labute approximate surface area is 118 Å². The van der Waals surface area contributed by atoms with Crippen LogP contribution in [0.25, 0.3) is 0 Å².